The van der Waals surface area contributed by atoms with E-state index in [4.69, 9.17) is 4.74 Å². The highest BCUT2D eigenvalue weighted by Crippen LogP contribution is 2.48. The number of ether oxygens (including phenoxy) is 1. The standard InChI is InChI=1S/C36H27N3O5S/c1-38-33-29(34(41)39(2)36(38)43)27(28-30(37-33)25-15-9-10-16-26(25)31(28)40)21-17-19-23(20-18-21)44-35(42)32(22-11-5-3-6-12-22)45-24-13-7-4-8-14-24/h3-20,27,32,37H,1-2H3/t27-,32+/m1/s1. The zero-order valence-corrected chi connectivity index (χ0v) is 25.2. The molecule has 1 aromatic heterocycles. The summed E-state index contributed by atoms with van der Waals surface area (Å²) in [5.74, 6) is -0.687. The van der Waals surface area contributed by atoms with Crippen LogP contribution in [0.25, 0.3) is 5.70 Å². The topological polar surface area (TPSA) is 99.4 Å². The molecule has 1 N–H and O–H groups in total. The lowest BCUT2D eigenvalue weighted by molar-refractivity contribution is -0.133. The SMILES string of the molecule is Cn1c2c(c(=O)n(C)c1=O)[C@H](c1ccc(OC(=O)[C@@H](Sc3ccccc3)c3ccccc3)cc1)C1=C(N2)c2ccccc2C1=O. The van der Waals surface area contributed by atoms with Crippen molar-refractivity contribution in [1.29, 1.82) is 0 Å². The molecule has 0 fully saturated rings. The van der Waals surface area contributed by atoms with Crippen molar-refractivity contribution in [2.24, 2.45) is 14.1 Å². The van der Waals surface area contributed by atoms with E-state index < -0.39 is 28.4 Å². The van der Waals surface area contributed by atoms with Crippen molar-refractivity contribution in [3.63, 3.8) is 0 Å². The molecule has 45 heavy (non-hydrogen) atoms. The van der Waals surface area contributed by atoms with Gasteiger partial charge >= 0.3 is 11.7 Å². The maximum Gasteiger partial charge on any atom is 0.332 e. The van der Waals surface area contributed by atoms with E-state index in [-0.39, 0.29) is 5.78 Å². The number of aromatic nitrogens is 2. The molecule has 0 radical (unpaired) electrons. The fraction of sp³-hybridized carbons (Fsp3) is 0.111. The molecule has 0 saturated carbocycles. The monoisotopic (exact) mass is 613 g/mol. The van der Waals surface area contributed by atoms with Gasteiger partial charge in [-0.1, -0.05) is 84.9 Å². The molecule has 0 unspecified atom stereocenters. The Bertz CT molecular complexity index is 2130. The molecule has 0 spiro atoms. The van der Waals surface area contributed by atoms with E-state index in [2.05, 4.69) is 5.32 Å². The van der Waals surface area contributed by atoms with E-state index in [9.17, 15) is 19.2 Å². The minimum atomic E-state index is -0.753. The van der Waals surface area contributed by atoms with Gasteiger partial charge in [-0.25, -0.2) is 4.79 Å². The highest BCUT2D eigenvalue weighted by atomic mass is 32.2. The van der Waals surface area contributed by atoms with Gasteiger partial charge < -0.3 is 10.1 Å². The summed E-state index contributed by atoms with van der Waals surface area (Å²) in [6.45, 7) is 0. The highest BCUT2D eigenvalue weighted by molar-refractivity contribution is 8.00. The van der Waals surface area contributed by atoms with Gasteiger partial charge in [0.05, 0.1) is 11.3 Å². The van der Waals surface area contributed by atoms with Crippen LogP contribution in [0, 0.1) is 0 Å². The zero-order valence-electron chi connectivity index (χ0n) is 24.4. The minimum Gasteiger partial charge on any atom is -0.425 e. The van der Waals surface area contributed by atoms with Crippen molar-refractivity contribution >= 4 is 35.0 Å². The number of carbonyl (C=O) groups excluding carboxylic acids is 2. The zero-order chi connectivity index (χ0) is 31.2. The van der Waals surface area contributed by atoms with Crippen molar-refractivity contribution < 1.29 is 14.3 Å². The molecule has 4 aromatic carbocycles. The Morgan fingerprint density at radius 1 is 0.778 bits per heavy atom. The van der Waals surface area contributed by atoms with Crippen molar-refractivity contribution in [1.82, 2.24) is 9.13 Å². The van der Waals surface area contributed by atoms with Crippen LogP contribution in [0.4, 0.5) is 5.82 Å². The number of hydrogen-bond acceptors (Lipinski definition) is 7. The van der Waals surface area contributed by atoms with Gasteiger partial charge in [-0.05, 0) is 35.4 Å². The van der Waals surface area contributed by atoms with Crippen molar-refractivity contribution in [2.75, 3.05) is 5.32 Å². The number of allylic oxidation sites excluding steroid dienone is 1. The van der Waals surface area contributed by atoms with Gasteiger partial charge in [0.2, 0.25) is 0 Å². The Labute approximate surface area is 262 Å². The second kappa shape index (κ2) is 11.3. The Morgan fingerprint density at radius 2 is 1.40 bits per heavy atom. The van der Waals surface area contributed by atoms with Crippen LogP contribution >= 0.6 is 11.8 Å². The number of ketones is 1. The van der Waals surface area contributed by atoms with Crippen LogP contribution in [0.2, 0.25) is 0 Å². The van der Waals surface area contributed by atoms with E-state index in [1.54, 1.807) is 43.4 Å². The average molecular weight is 614 g/mol. The first kappa shape index (κ1) is 28.4. The minimum absolute atomic E-state index is 0.182. The Hall–Kier alpha value is -5.41. The number of fused-ring (bicyclic) bond motifs is 3. The predicted molar refractivity (Wildman–Crippen MR) is 174 cm³/mol. The predicted octanol–water partition coefficient (Wildman–Crippen LogP) is 5.69. The summed E-state index contributed by atoms with van der Waals surface area (Å²) in [6, 6.07) is 33.3. The number of esters is 1. The molecule has 2 atom stereocenters. The van der Waals surface area contributed by atoms with Gasteiger partial charge in [0.15, 0.2) is 5.78 Å². The first-order valence-corrected chi connectivity index (χ1v) is 15.2. The summed E-state index contributed by atoms with van der Waals surface area (Å²) in [5, 5.41) is 2.64. The normalized spacial score (nSPS) is 15.5. The Morgan fingerprint density at radius 3 is 2.09 bits per heavy atom. The number of thioether (sulfide) groups is 1. The van der Waals surface area contributed by atoms with Crippen molar-refractivity contribution in [2.45, 2.75) is 16.1 Å². The largest absolute Gasteiger partial charge is 0.425 e. The van der Waals surface area contributed by atoms with Gasteiger partial charge in [-0.2, -0.15) is 0 Å². The van der Waals surface area contributed by atoms with Gasteiger partial charge in [-0.3, -0.25) is 23.5 Å². The molecule has 0 bridgehead atoms. The van der Waals surface area contributed by atoms with Crippen LogP contribution in [0.5, 0.6) is 5.75 Å². The Kier molecular flexibility index (Phi) is 7.10. The first-order valence-electron chi connectivity index (χ1n) is 14.4. The van der Waals surface area contributed by atoms with Crippen LogP contribution in [0.1, 0.15) is 43.8 Å². The molecule has 5 aromatic rings. The summed E-state index contributed by atoms with van der Waals surface area (Å²) in [5.41, 5.74) is 3.07. The molecular formula is C36H27N3O5S. The summed E-state index contributed by atoms with van der Waals surface area (Å²) in [4.78, 5) is 54.8. The molecule has 0 amide bonds. The third kappa shape index (κ3) is 4.81. The lowest BCUT2D eigenvalue weighted by atomic mass is 9.81. The van der Waals surface area contributed by atoms with Crippen molar-refractivity contribution in [3.05, 3.63) is 163 Å². The quantitative estimate of drug-likeness (QED) is 0.149. The second-order valence-corrected chi connectivity index (χ2v) is 12.1. The van der Waals surface area contributed by atoms with E-state index >= 15 is 0 Å². The second-order valence-electron chi connectivity index (χ2n) is 10.9. The molecule has 0 saturated heterocycles. The number of nitrogens with zero attached hydrogens (tertiary/aromatic N) is 2. The summed E-state index contributed by atoms with van der Waals surface area (Å²) in [7, 11) is 3.02. The molecule has 9 heteroatoms. The highest BCUT2D eigenvalue weighted by Gasteiger charge is 2.42. The van der Waals surface area contributed by atoms with Gasteiger partial charge in [0, 0.05) is 41.6 Å². The van der Waals surface area contributed by atoms with Crippen LogP contribution in [0.3, 0.4) is 0 Å². The molecule has 8 nitrogen and oxygen atoms in total. The number of hydrogen-bond donors (Lipinski definition) is 1. The maximum absolute atomic E-state index is 13.8. The van der Waals surface area contributed by atoms with Crippen molar-refractivity contribution in [3.8, 4) is 5.75 Å². The fourth-order valence-electron chi connectivity index (χ4n) is 6.00. The third-order valence-electron chi connectivity index (χ3n) is 8.22. The van der Waals surface area contributed by atoms with E-state index in [1.807, 2.05) is 72.8 Å². The first-order chi connectivity index (χ1) is 21.8. The molecule has 7 rings (SSSR count). The maximum atomic E-state index is 13.8. The van der Waals surface area contributed by atoms with Crippen LogP contribution in [-0.4, -0.2) is 20.9 Å². The summed E-state index contributed by atoms with van der Waals surface area (Å²) < 4.78 is 8.33. The summed E-state index contributed by atoms with van der Waals surface area (Å²) in [6.07, 6.45) is 0. The average Bonchev–Trinajstić information content (AvgIpc) is 3.36. The molecule has 1 aliphatic carbocycles. The van der Waals surface area contributed by atoms with Crippen LogP contribution < -0.4 is 21.3 Å². The molecular weight excluding hydrogens is 586 g/mol. The van der Waals surface area contributed by atoms with Gasteiger partial charge in [-0.15, -0.1) is 11.8 Å². The Balaban J connectivity index is 1.26. The van der Waals surface area contributed by atoms with E-state index in [0.29, 0.717) is 39.5 Å². The summed E-state index contributed by atoms with van der Waals surface area (Å²) >= 11 is 1.41. The van der Waals surface area contributed by atoms with E-state index in [1.165, 1.54) is 23.4 Å². The van der Waals surface area contributed by atoms with Crippen LogP contribution in [0.15, 0.2) is 129 Å². The molecule has 1 aliphatic heterocycles. The number of nitrogens with one attached hydrogen (secondary N) is 1. The smallest absolute Gasteiger partial charge is 0.332 e. The number of carbonyl (C=O) groups is 2. The lowest BCUT2D eigenvalue weighted by Gasteiger charge is -2.29. The number of benzene rings is 4. The third-order valence-corrected chi connectivity index (χ3v) is 9.47. The number of rotatable bonds is 6. The van der Waals surface area contributed by atoms with E-state index in [0.717, 1.165) is 20.6 Å². The molecule has 2 aliphatic rings. The molecule has 222 valence electrons. The number of Topliss-reactive ketones (excluding diaryl/α,β-unsaturated/α-hetero) is 1. The molecule has 2 heterocycles. The lowest BCUT2D eigenvalue weighted by Crippen LogP contribution is -2.42. The van der Waals surface area contributed by atoms with Crippen LogP contribution in [-0.2, 0) is 18.9 Å². The fourth-order valence-corrected chi connectivity index (χ4v) is 7.03. The van der Waals surface area contributed by atoms with Gasteiger partial charge in [0.1, 0.15) is 16.8 Å². The van der Waals surface area contributed by atoms with Gasteiger partial charge in [0.25, 0.3) is 5.56 Å². The number of anilines is 1.